The summed E-state index contributed by atoms with van der Waals surface area (Å²) in [6.45, 7) is 8.48. The number of allylic oxidation sites excluding steroid dienone is 1. The van der Waals surface area contributed by atoms with Gasteiger partial charge in [0, 0.05) is 18.7 Å². The predicted octanol–water partition coefficient (Wildman–Crippen LogP) is 5.71. The van der Waals surface area contributed by atoms with Crippen LogP contribution in [0.15, 0.2) is 42.2 Å². The molecule has 0 bridgehead atoms. The van der Waals surface area contributed by atoms with Crippen molar-refractivity contribution in [2.75, 3.05) is 12.3 Å². The van der Waals surface area contributed by atoms with Gasteiger partial charge in [-0.05, 0) is 23.7 Å². The zero-order valence-electron chi connectivity index (χ0n) is 12.4. The summed E-state index contributed by atoms with van der Waals surface area (Å²) >= 11 is 0. The molecule has 0 aromatic heterocycles. The summed E-state index contributed by atoms with van der Waals surface area (Å²) in [5.41, 5.74) is 1.22. The maximum Gasteiger partial charge on any atom is 0.111 e. The Morgan fingerprint density at radius 2 is 1.58 bits per heavy atom. The van der Waals surface area contributed by atoms with Crippen molar-refractivity contribution in [1.29, 1.82) is 0 Å². The van der Waals surface area contributed by atoms with E-state index in [0.29, 0.717) is 0 Å². The third-order valence-corrected chi connectivity index (χ3v) is 6.96. The molecule has 1 rings (SSSR count). The van der Waals surface area contributed by atoms with E-state index in [2.05, 4.69) is 32.6 Å². The van der Waals surface area contributed by atoms with Gasteiger partial charge in [0.05, 0.1) is 0 Å². The standard InChI is InChI=1S/C17H27OP/c1-4-6-13-19(18,14-7-5-2)16(3)15-17-11-9-8-10-12-17/h8-12H,3-7,13-15H2,1-2H3. The average molecular weight is 278 g/mol. The molecular formula is C17H27OP. The van der Waals surface area contributed by atoms with Gasteiger partial charge in [0.1, 0.15) is 7.14 Å². The Bertz CT molecular complexity index is 410. The van der Waals surface area contributed by atoms with Crippen LogP contribution in [0.3, 0.4) is 0 Å². The van der Waals surface area contributed by atoms with Gasteiger partial charge in [0.2, 0.25) is 0 Å². The molecule has 0 aliphatic heterocycles. The lowest BCUT2D eigenvalue weighted by Crippen LogP contribution is -2.01. The smallest absolute Gasteiger partial charge is 0.111 e. The van der Waals surface area contributed by atoms with E-state index in [4.69, 9.17) is 0 Å². The molecule has 1 aromatic rings. The SMILES string of the molecule is C=C(Cc1ccccc1)P(=O)(CCCC)CCCC. The van der Waals surface area contributed by atoms with Crippen LogP contribution in [0.4, 0.5) is 0 Å². The summed E-state index contributed by atoms with van der Waals surface area (Å²) in [6.07, 6.45) is 6.77. The molecule has 0 atom stereocenters. The number of hydrogen-bond acceptors (Lipinski definition) is 1. The van der Waals surface area contributed by atoms with E-state index in [0.717, 1.165) is 49.7 Å². The first-order chi connectivity index (χ1) is 9.12. The van der Waals surface area contributed by atoms with Crippen LogP contribution in [0.1, 0.15) is 45.1 Å². The van der Waals surface area contributed by atoms with Gasteiger partial charge in [0.15, 0.2) is 0 Å². The van der Waals surface area contributed by atoms with Crippen molar-refractivity contribution in [1.82, 2.24) is 0 Å². The molecule has 19 heavy (non-hydrogen) atoms. The van der Waals surface area contributed by atoms with E-state index >= 15 is 0 Å². The van der Waals surface area contributed by atoms with Gasteiger partial charge in [-0.1, -0.05) is 63.6 Å². The summed E-state index contributed by atoms with van der Waals surface area (Å²) in [5.74, 6) is 0. The number of rotatable bonds is 9. The van der Waals surface area contributed by atoms with E-state index in [1.54, 1.807) is 0 Å². The molecule has 0 amide bonds. The fourth-order valence-electron chi connectivity index (χ4n) is 2.23. The highest BCUT2D eigenvalue weighted by molar-refractivity contribution is 7.68. The number of unbranched alkanes of at least 4 members (excludes halogenated alkanes) is 2. The second kappa shape index (κ2) is 8.38. The van der Waals surface area contributed by atoms with Gasteiger partial charge in [-0.3, -0.25) is 0 Å². The van der Waals surface area contributed by atoms with Crippen LogP contribution >= 0.6 is 7.14 Å². The molecule has 0 N–H and O–H groups in total. The normalized spacial score (nSPS) is 11.5. The summed E-state index contributed by atoms with van der Waals surface area (Å²) in [5, 5.41) is 0.973. The minimum absolute atomic E-state index is 0.769. The fourth-order valence-corrected chi connectivity index (χ4v) is 5.21. The molecule has 0 fully saturated rings. The van der Waals surface area contributed by atoms with E-state index in [-0.39, 0.29) is 0 Å². The molecule has 1 nitrogen and oxygen atoms in total. The minimum atomic E-state index is -2.20. The molecule has 0 aliphatic rings. The molecule has 2 heteroatoms. The van der Waals surface area contributed by atoms with Gasteiger partial charge in [-0.25, -0.2) is 0 Å². The Labute approximate surface area is 118 Å². The van der Waals surface area contributed by atoms with Crippen molar-refractivity contribution in [3.63, 3.8) is 0 Å². The van der Waals surface area contributed by atoms with Gasteiger partial charge >= 0.3 is 0 Å². The second-order valence-electron chi connectivity index (χ2n) is 5.27. The van der Waals surface area contributed by atoms with Crippen LogP contribution in [0, 0.1) is 0 Å². The van der Waals surface area contributed by atoms with E-state index in [9.17, 15) is 4.57 Å². The van der Waals surface area contributed by atoms with Gasteiger partial charge in [-0.15, -0.1) is 0 Å². The van der Waals surface area contributed by atoms with E-state index in [1.807, 2.05) is 18.2 Å². The molecule has 0 aliphatic carbocycles. The van der Waals surface area contributed by atoms with Crippen molar-refractivity contribution >= 4 is 7.14 Å². The largest absolute Gasteiger partial charge is 0.319 e. The van der Waals surface area contributed by atoms with Crippen molar-refractivity contribution < 1.29 is 4.57 Å². The molecule has 0 unspecified atom stereocenters. The third kappa shape index (κ3) is 5.37. The first-order valence-corrected chi connectivity index (χ1v) is 9.50. The highest BCUT2D eigenvalue weighted by Gasteiger charge is 2.24. The lowest BCUT2D eigenvalue weighted by molar-refractivity contribution is 0.573. The molecular weight excluding hydrogens is 251 g/mol. The quantitative estimate of drug-likeness (QED) is 0.529. The summed E-state index contributed by atoms with van der Waals surface area (Å²) in [7, 11) is -2.20. The monoisotopic (exact) mass is 278 g/mol. The van der Waals surface area contributed by atoms with Crippen molar-refractivity contribution in [2.24, 2.45) is 0 Å². The Morgan fingerprint density at radius 3 is 2.05 bits per heavy atom. The van der Waals surface area contributed by atoms with Gasteiger partial charge in [0.25, 0.3) is 0 Å². The maximum atomic E-state index is 13.1. The highest BCUT2D eigenvalue weighted by Crippen LogP contribution is 2.55. The number of benzene rings is 1. The van der Waals surface area contributed by atoms with Gasteiger partial charge in [-0.2, -0.15) is 0 Å². The molecule has 0 spiro atoms. The lowest BCUT2D eigenvalue weighted by Gasteiger charge is -2.20. The molecule has 0 saturated carbocycles. The average Bonchev–Trinajstić information content (AvgIpc) is 2.44. The van der Waals surface area contributed by atoms with Crippen LogP contribution in [0.2, 0.25) is 0 Å². The van der Waals surface area contributed by atoms with Crippen LogP contribution < -0.4 is 0 Å². The van der Waals surface area contributed by atoms with E-state index < -0.39 is 7.14 Å². The first-order valence-electron chi connectivity index (χ1n) is 7.42. The molecule has 0 radical (unpaired) electrons. The lowest BCUT2D eigenvalue weighted by atomic mass is 10.1. The molecule has 1 aromatic carbocycles. The number of hydrogen-bond donors (Lipinski definition) is 0. The fraction of sp³-hybridized carbons (Fsp3) is 0.529. The van der Waals surface area contributed by atoms with Crippen molar-refractivity contribution in [2.45, 2.75) is 46.0 Å². The Kier molecular flexibility index (Phi) is 7.16. The first kappa shape index (κ1) is 16.2. The van der Waals surface area contributed by atoms with E-state index in [1.165, 1.54) is 5.56 Å². The van der Waals surface area contributed by atoms with Crippen LogP contribution in [0.5, 0.6) is 0 Å². The minimum Gasteiger partial charge on any atom is -0.319 e. The summed E-state index contributed by atoms with van der Waals surface area (Å²) in [4.78, 5) is 0. The Morgan fingerprint density at radius 1 is 1.05 bits per heavy atom. The molecule has 0 saturated heterocycles. The summed E-state index contributed by atoms with van der Waals surface area (Å²) < 4.78 is 13.1. The van der Waals surface area contributed by atoms with Gasteiger partial charge < -0.3 is 4.57 Å². The highest BCUT2D eigenvalue weighted by atomic mass is 31.2. The topological polar surface area (TPSA) is 17.1 Å². The molecule has 0 heterocycles. The van der Waals surface area contributed by atoms with Crippen LogP contribution in [0.25, 0.3) is 0 Å². The van der Waals surface area contributed by atoms with Crippen LogP contribution in [-0.2, 0) is 11.0 Å². The van der Waals surface area contributed by atoms with Crippen LogP contribution in [-0.4, -0.2) is 12.3 Å². The Balaban J connectivity index is 2.73. The van der Waals surface area contributed by atoms with Crippen molar-refractivity contribution in [3.05, 3.63) is 47.8 Å². The predicted molar refractivity (Wildman–Crippen MR) is 86.4 cm³/mol. The zero-order valence-corrected chi connectivity index (χ0v) is 13.3. The molecule has 106 valence electrons. The second-order valence-corrected chi connectivity index (χ2v) is 8.58. The zero-order chi connectivity index (χ0) is 14.1. The summed E-state index contributed by atoms with van der Waals surface area (Å²) in [6, 6.07) is 10.3. The maximum absolute atomic E-state index is 13.1. The Hall–Kier alpha value is -0.810. The third-order valence-electron chi connectivity index (χ3n) is 3.57. The van der Waals surface area contributed by atoms with Crippen molar-refractivity contribution in [3.8, 4) is 0 Å².